The smallest absolute Gasteiger partial charge is 0.306 e. The minimum absolute atomic E-state index is 0.0437. The lowest BCUT2D eigenvalue weighted by Crippen LogP contribution is -2.24. The van der Waals surface area contributed by atoms with Crippen molar-refractivity contribution in [3.8, 4) is 22.2 Å². The van der Waals surface area contributed by atoms with Crippen molar-refractivity contribution in [2.75, 3.05) is 4.72 Å². The summed E-state index contributed by atoms with van der Waals surface area (Å²) in [6.45, 7) is 13.7. The minimum Gasteiger partial charge on any atom is -0.460 e. The summed E-state index contributed by atoms with van der Waals surface area (Å²) in [5.41, 5.74) is 7.98. The van der Waals surface area contributed by atoms with E-state index in [4.69, 9.17) is 21.3 Å². The summed E-state index contributed by atoms with van der Waals surface area (Å²) in [4.78, 5) is 35.6. The number of ether oxygens (including phenoxy) is 1. The van der Waals surface area contributed by atoms with Gasteiger partial charge in [-0.1, -0.05) is 60.1 Å². The third-order valence-electron chi connectivity index (χ3n) is 11.1. The Hall–Kier alpha value is -6.60. The summed E-state index contributed by atoms with van der Waals surface area (Å²) in [6.07, 6.45) is 2.12. The first-order chi connectivity index (χ1) is 30.4. The van der Waals surface area contributed by atoms with E-state index < -0.39 is 21.7 Å². The zero-order valence-electron chi connectivity index (χ0n) is 36.3. The molecule has 1 atom stereocenters. The molecule has 16 heteroatoms. The summed E-state index contributed by atoms with van der Waals surface area (Å²) >= 11 is 8.49. The molecule has 7 aromatic rings. The van der Waals surface area contributed by atoms with E-state index in [2.05, 4.69) is 49.7 Å². The highest BCUT2D eigenvalue weighted by atomic mass is 35.5. The highest BCUT2D eigenvalue weighted by Gasteiger charge is 2.32. The molecule has 0 bridgehead atoms. The van der Waals surface area contributed by atoms with E-state index in [1.54, 1.807) is 53.9 Å². The molecular weight excluding hydrogens is 868 g/mol. The average Bonchev–Trinajstić information content (AvgIpc) is 3.93. The molecule has 64 heavy (non-hydrogen) atoms. The molecule has 0 aliphatic carbocycles. The van der Waals surface area contributed by atoms with Crippen LogP contribution in [0.3, 0.4) is 0 Å². The van der Waals surface area contributed by atoms with Crippen LogP contribution < -0.4 is 10.0 Å². The fraction of sp³-hybridized carbons (Fsp3) is 0.250. The molecule has 13 nitrogen and oxygen atoms in total. The van der Waals surface area contributed by atoms with Gasteiger partial charge in [0.2, 0.25) is 0 Å². The molecular formula is C48H45ClN8O5S2. The maximum atomic E-state index is 13.3. The van der Waals surface area contributed by atoms with Crippen LogP contribution in [0.15, 0.2) is 94.9 Å². The van der Waals surface area contributed by atoms with Crippen molar-refractivity contribution in [3.63, 3.8) is 0 Å². The van der Waals surface area contributed by atoms with Gasteiger partial charge in [0.1, 0.15) is 28.5 Å². The Morgan fingerprint density at radius 3 is 2.38 bits per heavy atom. The Morgan fingerprint density at radius 1 is 0.969 bits per heavy atom. The second kappa shape index (κ2) is 17.2. The molecule has 0 radical (unpaired) electrons. The quantitative estimate of drug-likeness (QED) is 0.107. The van der Waals surface area contributed by atoms with Gasteiger partial charge >= 0.3 is 5.97 Å². The zero-order valence-corrected chi connectivity index (χ0v) is 38.6. The van der Waals surface area contributed by atoms with Crippen LogP contribution in [0.1, 0.15) is 99.9 Å². The average molecular weight is 914 g/mol. The van der Waals surface area contributed by atoms with Gasteiger partial charge in [-0.3, -0.25) is 23.9 Å². The second-order valence-electron chi connectivity index (χ2n) is 16.7. The lowest BCUT2D eigenvalue weighted by molar-refractivity contribution is -0.155. The Kier molecular flexibility index (Phi) is 11.8. The van der Waals surface area contributed by atoms with Crippen molar-refractivity contribution in [2.45, 2.75) is 84.4 Å². The fourth-order valence-electron chi connectivity index (χ4n) is 7.79. The molecule has 0 spiro atoms. The third-order valence-corrected chi connectivity index (χ3v) is 14.0. The molecule has 3 aromatic heterocycles. The first-order valence-corrected chi connectivity index (χ1v) is 23.2. The highest BCUT2D eigenvalue weighted by molar-refractivity contribution is 7.92. The maximum absolute atomic E-state index is 13.3. The number of nitrogens with one attached hydrogen (secondary N) is 3. The maximum Gasteiger partial charge on any atom is 0.306 e. The third kappa shape index (κ3) is 8.68. The molecule has 0 saturated carbocycles. The number of H-pyrrole nitrogens is 1. The molecule has 3 N–H and O–H groups in total. The summed E-state index contributed by atoms with van der Waals surface area (Å²) in [6, 6.07) is 24.4. The lowest BCUT2D eigenvalue weighted by Gasteiger charge is -2.20. The predicted octanol–water partition coefficient (Wildman–Crippen LogP) is 9.98. The van der Waals surface area contributed by atoms with Gasteiger partial charge in [-0.15, -0.1) is 21.5 Å². The van der Waals surface area contributed by atoms with E-state index in [9.17, 15) is 23.3 Å². The number of sulfonamides is 1. The van der Waals surface area contributed by atoms with Gasteiger partial charge in [-0.25, -0.2) is 8.42 Å². The number of anilines is 1. The Labute approximate surface area is 380 Å². The van der Waals surface area contributed by atoms with Gasteiger partial charge in [-0.05, 0) is 107 Å². The Morgan fingerprint density at radius 2 is 1.69 bits per heavy atom. The number of thiophene rings is 1. The van der Waals surface area contributed by atoms with Crippen LogP contribution in [0, 0.1) is 39.0 Å². The Bertz CT molecular complexity index is 3170. The lowest BCUT2D eigenvalue weighted by atomic mass is 9.96. The standard InChI is InChI=1S/C48H45ClN8O5S2/c1-26-8-19-38(44-41(26)34(23-50)25-51-44)56-64(60,61)35-16-9-30(10-17-35)24-52-46(59)33-15-18-36(37(49)22-33)31-11-13-32(14-12-31)43-42-27(2)28(3)63-47(42)57-29(4)54-55-45(57)39(53-43)20-21-40(58)62-48(5,6)7/h8-19,22,25,39,51,56H,20-21,24H2,1-7H3,(H,52,59)/t39-/m0/s1. The highest BCUT2D eigenvalue weighted by Crippen LogP contribution is 2.40. The van der Waals surface area contributed by atoms with Crippen LogP contribution in [0.5, 0.6) is 0 Å². The largest absolute Gasteiger partial charge is 0.460 e. The number of halogens is 1. The number of esters is 1. The number of nitrogens with zero attached hydrogens (tertiary/aromatic N) is 5. The first kappa shape index (κ1) is 44.0. The van der Waals surface area contributed by atoms with E-state index in [0.717, 1.165) is 54.8 Å². The summed E-state index contributed by atoms with van der Waals surface area (Å²) in [5.74, 6) is 0.777. The molecule has 4 heterocycles. The number of carbonyl (C=O) groups is 2. The van der Waals surface area contributed by atoms with Crippen LogP contribution in [-0.2, 0) is 26.1 Å². The van der Waals surface area contributed by atoms with E-state index in [0.29, 0.717) is 50.5 Å². The topological polar surface area (TPSA) is 184 Å². The normalized spacial score (nSPS) is 13.7. The van der Waals surface area contributed by atoms with Crippen LogP contribution in [0.25, 0.3) is 27.0 Å². The number of aromatic nitrogens is 4. The van der Waals surface area contributed by atoms with Crippen LogP contribution in [-0.4, -0.2) is 51.4 Å². The fourth-order valence-corrected chi connectivity index (χ4v) is 10.4. The number of amides is 1. The number of hydrogen-bond donors (Lipinski definition) is 3. The summed E-state index contributed by atoms with van der Waals surface area (Å²) < 4.78 is 36.9. The number of benzene rings is 4. The van der Waals surface area contributed by atoms with Crippen LogP contribution in [0.4, 0.5) is 5.69 Å². The number of aryl methyl sites for hydroxylation is 3. The second-order valence-corrected chi connectivity index (χ2v) is 20.0. The van der Waals surface area contributed by atoms with Gasteiger partial charge in [-0.2, -0.15) is 5.26 Å². The van der Waals surface area contributed by atoms with E-state index in [-0.39, 0.29) is 29.7 Å². The summed E-state index contributed by atoms with van der Waals surface area (Å²) in [5, 5.41) is 23.4. The zero-order chi connectivity index (χ0) is 45.7. The molecule has 0 unspecified atom stereocenters. The van der Waals surface area contributed by atoms with Crippen molar-refractivity contribution in [3.05, 3.63) is 146 Å². The van der Waals surface area contributed by atoms with Gasteiger partial charge in [0.05, 0.1) is 27.4 Å². The van der Waals surface area contributed by atoms with Crippen LogP contribution >= 0.6 is 22.9 Å². The van der Waals surface area contributed by atoms with E-state index >= 15 is 0 Å². The number of fused-ring (bicyclic) bond motifs is 4. The monoisotopic (exact) mass is 912 g/mol. The minimum atomic E-state index is -3.96. The number of nitriles is 1. The molecule has 8 rings (SSSR count). The van der Waals surface area contributed by atoms with Gasteiger partial charge in [0.25, 0.3) is 15.9 Å². The van der Waals surface area contributed by atoms with Gasteiger partial charge in [0.15, 0.2) is 5.82 Å². The molecule has 326 valence electrons. The van der Waals surface area contributed by atoms with Crippen LogP contribution in [0.2, 0.25) is 5.02 Å². The Balaban J connectivity index is 0.964. The molecule has 1 amide bonds. The van der Waals surface area contributed by atoms with Crippen molar-refractivity contribution in [1.29, 1.82) is 5.26 Å². The molecule has 0 fully saturated rings. The van der Waals surface area contributed by atoms with Gasteiger partial charge < -0.3 is 15.0 Å². The number of rotatable bonds is 11. The van der Waals surface area contributed by atoms with E-state index in [1.807, 2.05) is 65.0 Å². The molecule has 1 aliphatic heterocycles. The molecule has 0 saturated heterocycles. The molecule has 1 aliphatic rings. The number of carbonyl (C=O) groups excluding carboxylic acids is 2. The van der Waals surface area contributed by atoms with E-state index in [1.165, 1.54) is 12.1 Å². The first-order valence-electron chi connectivity index (χ1n) is 20.6. The van der Waals surface area contributed by atoms with Gasteiger partial charge in [0, 0.05) is 56.7 Å². The number of aromatic amines is 1. The predicted molar refractivity (Wildman–Crippen MR) is 250 cm³/mol. The van der Waals surface area contributed by atoms with Crippen molar-refractivity contribution in [2.24, 2.45) is 4.99 Å². The SMILES string of the molecule is Cc1sc2c(c1C)C(c1ccc(-c3ccc(C(=O)NCc4ccc(S(=O)(=O)Nc5ccc(C)c6c(C#N)c[nH]c56)cc4)cc3Cl)cc1)=N[C@@H](CCC(=O)OC(C)(C)C)c1nnc(C)n1-2. The number of hydrogen-bond acceptors (Lipinski definition) is 10. The van der Waals surface area contributed by atoms with Crippen molar-refractivity contribution >= 4 is 67.1 Å². The molecule has 4 aromatic carbocycles. The summed E-state index contributed by atoms with van der Waals surface area (Å²) in [7, 11) is -3.96. The number of aliphatic imine (C=N–C) groups is 1. The van der Waals surface area contributed by atoms with Crippen molar-refractivity contribution in [1.82, 2.24) is 25.1 Å². The van der Waals surface area contributed by atoms with Crippen molar-refractivity contribution < 1.29 is 22.7 Å².